The molecule has 0 atom stereocenters. The second-order valence-corrected chi connectivity index (χ2v) is 5.29. The van der Waals surface area contributed by atoms with Crippen molar-refractivity contribution in [2.75, 3.05) is 23.4 Å². The van der Waals surface area contributed by atoms with Crippen molar-refractivity contribution in [1.29, 1.82) is 0 Å². The second kappa shape index (κ2) is 6.46. The Morgan fingerprint density at radius 2 is 2.00 bits per heavy atom. The van der Waals surface area contributed by atoms with E-state index >= 15 is 0 Å². The van der Waals surface area contributed by atoms with Crippen LogP contribution in [0.2, 0.25) is 0 Å². The van der Waals surface area contributed by atoms with Crippen LogP contribution in [-0.4, -0.2) is 13.1 Å². The van der Waals surface area contributed by atoms with Crippen LogP contribution in [-0.2, 0) is 13.0 Å². The maximum atomic E-state index is 3.82. The zero-order valence-corrected chi connectivity index (χ0v) is 12.2. The van der Waals surface area contributed by atoms with Gasteiger partial charge in [0.15, 0.2) is 0 Å². The predicted octanol–water partition coefficient (Wildman–Crippen LogP) is 3.35. The van der Waals surface area contributed by atoms with Gasteiger partial charge in [-0.2, -0.15) is 0 Å². The summed E-state index contributed by atoms with van der Waals surface area (Å²) in [5, 5.41) is 0. The second-order valence-electron chi connectivity index (χ2n) is 5.29. The monoisotopic (exact) mass is 279 g/mol. The van der Waals surface area contributed by atoms with Gasteiger partial charge < -0.3 is 10.3 Å². The Balaban J connectivity index is 1.59. The summed E-state index contributed by atoms with van der Waals surface area (Å²) in [4.78, 5) is 2.38. The van der Waals surface area contributed by atoms with Crippen LogP contribution in [0.1, 0.15) is 11.1 Å². The molecule has 0 radical (unpaired) electrons. The quantitative estimate of drug-likeness (QED) is 0.627. The standard InChI is InChI=1S/C18H21N3/c1-2-11-21-12-10-16-13-15(8-9-18(16)21)14-19-20-17-6-4-3-5-7-17/h2-9,13,19-20H,1,10-12,14H2. The summed E-state index contributed by atoms with van der Waals surface area (Å²) >= 11 is 0. The van der Waals surface area contributed by atoms with Gasteiger partial charge in [-0.3, -0.25) is 0 Å². The van der Waals surface area contributed by atoms with Crippen LogP contribution in [0.3, 0.4) is 0 Å². The number of para-hydroxylation sites is 1. The van der Waals surface area contributed by atoms with E-state index in [4.69, 9.17) is 0 Å². The van der Waals surface area contributed by atoms with E-state index in [-0.39, 0.29) is 0 Å². The van der Waals surface area contributed by atoms with Gasteiger partial charge in [-0.25, -0.2) is 5.43 Å². The van der Waals surface area contributed by atoms with Crippen molar-refractivity contribution >= 4 is 11.4 Å². The van der Waals surface area contributed by atoms with Crippen molar-refractivity contribution in [3.05, 3.63) is 72.3 Å². The molecule has 2 aromatic carbocycles. The lowest BCUT2D eigenvalue weighted by atomic mass is 10.1. The molecule has 1 heterocycles. The van der Waals surface area contributed by atoms with E-state index in [1.165, 1.54) is 16.8 Å². The van der Waals surface area contributed by atoms with Crippen LogP contribution in [0.4, 0.5) is 11.4 Å². The number of nitrogens with one attached hydrogen (secondary N) is 2. The summed E-state index contributed by atoms with van der Waals surface area (Å²) in [6.45, 7) is 6.66. The van der Waals surface area contributed by atoms with E-state index in [0.29, 0.717) is 0 Å². The summed E-state index contributed by atoms with van der Waals surface area (Å²) in [5.41, 5.74) is 11.7. The fourth-order valence-corrected chi connectivity index (χ4v) is 2.75. The summed E-state index contributed by atoms with van der Waals surface area (Å²) in [6, 6.07) is 16.9. The van der Waals surface area contributed by atoms with Gasteiger partial charge in [-0.15, -0.1) is 6.58 Å². The molecule has 1 aliphatic rings. The van der Waals surface area contributed by atoms with Gasteiger partial charge in [0.1, 0.15) is 0 Å². The highest BCUT2D eigenvalue weighted by molar-refractivity contribution is 5.59. The predicted molar refractivity (Wildman–Crippen MR) is 89.5 cm³/mol. The van der Waals surface area contributed by atoms with Crippen LogP contribution >= 0.6 is 0 Å². The molecular formula is C18H21N3. The molecule has 21 heavy (non-hydrogen) atoms. The van der Waals surface area contributed by atoms with Crippen molar-refractivity contribution < 1.29 is 0 Å². The lowest BCUT2D eigenvalue weighted by Gasteiger charge is -2.17. The van der Waals surface area contributed by atoms with E-state index < -0.39 is 0 Å². The van der Waals surface area contributed by atoms with Gasteiger partial charge in [0.25, 0.3) is 0 Å². The number of nitrogens with zero attached hydrogens (tertiary/aromatic N) is 1. The largest absolute Gasteiger partial charge is 0.367 e. The Kier molecular flexibility index (Phi) is 4.22. The molecule has 3 heteroatoms. The molecule has 0 aliphatic carbocycles. The highest BCUT2D eigenvalue weighted by Gasteiger charge is 2.17. The van der Waals surface area contributed by atoms with Crippen molar-refractivity contribution in [3.63, 3.8) is 0 Å². The third-order valence-electron chi connectivity index (χ3n) is 3.78. The molecule has 0 aromatic heterocycles. The highest BCUT2D eigenvalue weighted by atomic mass is 15.3. The molecule has 2 aromatic rings. The minimum absolute atomic E-state index is 0.809. The molecule has 3 nitrogen and oxygen atoms in total. The number of benzene rings is 2. The van der Waals surface area contributed by atoms with Crippen molar-refractivity contribution in [3.8, 4) is 0 Å². The molecule has 0 saturated heterocycles. The minimum Gasteiger partial charge on any atom is -0.367 e. The number of hydrazine groups is 1. The first-order chi connectivity index (χ1) is 10.4. The maximum absolute atomic E-state index is 3.82. The SMILES string of the molecule is C=CCN1CCc2cc(CNNc3ccccc3)ccc21. The first-order valence-electron chi connectivity index (χ1n) is 7.38. The molecule has 0 unspecified atom stereocenters. The Labute approximate surface area is 126 Å². The molecule has 0 spiro atoms. The Bertz CT molecular complexity index is 607. The number of fused-ring (bicyclic) bond motifs is 1. The fraction of sp³-hybridized carbons (Fsp3) is 0.222. The summed E-state index contributed by atoms with van der Waals surface area (Å²) in [7, 11) is 0. The summed E-state index contributed by atoms with van der Waals surface area (Å²) < 4.78 is 0. The van der Waals surface area contributed by atoms with Crippen LogP contribution in [0, 0.1) is 0 Å². The fourth-order valence-electron chi connectivity index (χ4n) is 2.75. The first kappa shape index (κ1) is 13.7. The number of hydrogen-bond acceptors (Lipinski definition) is 3. The van der Waals surface area contributed by atoms with Gasteiger partial charge >= 0.3 is 0 Å². The molecule has 3 rings (SSSR count). The number of anilines is 2. The van der Waals surface area contributed by atoms with E-state index in [2.05, 4.69) is 40.5 Å². The average molecular weight is 279 g/mol. The average Bonchev–Trinajstić information content (AvgIpc) is 2.91. The van der Waals surface area contributed by atoms with Gasteiger partial charge in [-0.1, -0.05) is 36.4 Å². The molecule has 0 saturated carbocycles. The highest BCUT2D eigenvalue weighted by Crippen LogP contribution is 2.28. The zero-order chi connectivity index (χ0) is 14.5. The summed E-state index contributed by atoms with van der Waals surface area (Å²) in [5.74, 6) is 0. The minimum atomic E-state index is 0.809. The molecular weight excluding hydrogens is 258 g/mol. The van der Waals surface area contributed by atoms with Crippen molar-refractivity contribution in [1.82, 2.24) is 5.43 Å². The van der Waals surface area contributed by atoms with Crippen LogP contribution in [0.15, 0.2) is 61.2 Å². The smallest absolute Gasteiger partial charge is 0.0487 e. The zero-order valence-electron chi connectivity index (χ0n) is 12.2. The van der Waals surface area contributed by atoms with E-state index in [1.54, 1.807) is 0 Å². The third kappa shape index (κ3) is 3.26. The first-order valence-corrected chi connectivity index (χ1v) is 7.38. The van der Waals surface area contributed by atoms with Gasteiger partial charge in [0.2, 0.25) is 0 Å². The molecule has 108 valence electrons. The molecule has 0 fully saturated rings. The van der Waals surface area contributed by atoms with Crippen LogP contribution < -0.4 is 15.8 Å². The third-order valence-corrected chi connectivity index (χ3v) is 3.78. The number of rotatable bonds is 6. The summed E-state index contributed by atoms with van der Waals surface area (Å²) in [6.07, 6.45) is 3.09. The molecule has 1 aliphatic heterocycles. The van der Waals surface area contributed by atoms with Gasteiger partial charge in [0, 0.05) is 31.0 Å². The van der Waals surface area contributed by atoms with Crippen LogP contribution in [0.25, 0.3) is 0 Å². The molecule has 0 bridgehead atoms. The lowest BCUT2D eigenvalue weighted by Crippen LogP contribution is -2.21. The Morgan fingerprint density at radius 3 is 2.81 bits per heavy atom. The van der Waals surface area contributed by atoms with Crippen molar-refractivity contribution in [2.45, 2.75) is 13.0 Å². The normalized spacial score (nSPS) is 13.0. The topological polar surface area (TPSA) is 27.3 Å². The van der Waals surface area contributed by atoms with Crippen LogP contribution in [0.5, 0.6) is 0 Å². The Hall–Kier alpha value is -2.26. The van der Waals surface area contributed by atoms with E-state index in [0.717, 1.165) is 31.7 Å². The van der Waals surface area contributed by atoms with Crippen molar-refractivity contribution in [2.24, 2.45) is 0 Å². The molecule has 2 N–H and O–H groups in total. The van der Waals surface area contributed by atoms with Gasteiger partial charge in [0.05, 0.1) is 0 Å². The lowest BCUT2D eigenvalue weighted by molar-refractivity contribution is 0.800. The van der Waals surface area contributed by atoms with E-state index in [1.807, 2.05) is 36.4 Å². The van der Waals surface area contributed by atoms with Gasteiger partial charge in [-0.05, 0) is 35.7 Å². The maximum Gasteiger partial charge on any atom is 0.0487 e. The van der Waals surface area contributed by atoms with E-state index in [9.17, 15) is 0 Å². The number of hydrogen-bond donors (Lipinski definition) is 2. The molecule has 0 amide bonds. The Morgan fingerprint density at radius 1 is 1.14 bits per heavy atom.